The fourth-order valence-corrected chi connectivity index (χ4v) is 5.11. The third-order valence-corrected chi connectivity index (χ3v) is 7.03. The van der Waals surface area contributed by atoms with Gasteiger partial charge < -0.3 is 10.1 Å². The molecule has 1 amide bonds. The molecule has 3 aromatic rings. The molecule has 1 saturated carbocycles. The maximum absolute atomic E-state index is 12.3. The summed E-state index contributed by atoms with van der Waals surface area (Å²) in [5.74, 6) is 2.49. The smallest absolute Gasteiger partial charge is 0.220 e. The van der Waals surface area contributed by atoms with Crippen molar-refractivity contribution in [1.82, 2.24) is 20.1 Å². The molecule has 1 N–H and O–H groups in total. The molecular weight excluding hydrogens is 432 g/mol. The van der Waals surface area contributed by atoms with Crippen molar-refractivity contribution in [3.05, 3.63) is 54.1 Å². The second-order valence-corrected chi connectivity index (χ2v) is 9.60. The second kappa shape index (κ2) is 11.4. The monoisotopic (exact) mass is 464 g/mol. The summed E-state index contributed by atoms with van der Waals surface area (Å²) >= 11 is 1.62. The van der Waals surface area contributed by atoms with E-state index in [0.29, 0.717) is 12.5 Å². The molecule has 0 spiro atoms. The number of thioether (sulfide) groups is 1. The van der Waals surface area contributed by atoms with E-state index in [2.05, 4.69) is 51.3 Å². The van der Waals surface area contributed by atoms with Crippen LogP contribution in [0.4, 0.5) is 0 Å². The fraction of sp³-hybridized carbons (Fsp3) is 0.423. The summed E-state index contributed by atoms with van der Waals surface area (Å²) in [6.45, 7) is 2.07. The Morgan fingerprint density at radius 2 is 1.85 bits per heavy atom. The molecule has 1 heterocycles. The van der Waals surface area contributed by atoms with Gasteiger partial charge in [-0.3, -0.25) is 9.36 Å². The first-order valence-electron chi connectivity index (χ1n) is 11.7. The maximum atomic E-state index is 12.3. The number of aryl methyl sites for hydroxylation is 1. The van der Waals surface area contributed by atoms with Crippen LogP contribution in [0.5, 0.6) is 5.75 Å². The third kappa shape index (κ3) is 5.96. The molecule has 2 aromatic carbocycles. The van der Waals surface area contributed by atoms with Crippen molar-refractivity contribution in [3.8, 4) is 22.8 Å². The minimum absolute atomic E-state index is 0.161. The third-order valence-electron chi connectivity index (χ3n) is 6.02. The highest BCUT2D eigenvalue weighted by Gasteiger charge is 2.19. The van der Waals surface area contributed by atoms with Gasteiger partial charge in [-0.15, -0.1) is 10.2 Å². The number of hydrogen-bond acceptors (Lipinski definition) is 5. The van der Waals surface area contributed by atoms with Gasteiger partial charge in [0.15, 0.2) is 11.0 Å². The molecule has 0 aliphatic heterocycles. The topological polar surface area (TPSA) is 69.0 Å². The van der Waals surface area contributed by atoms with Crippen LogP contribution < -0.4 is 10.1 Å². The van der Waals surface area contributed by atoms with Crippen LogP contribution in [0.3, 0.4) is 0 Å². The molecule has 0 bridgehead atoms. The lowest BCUT2D eigenvalue weighted by Crippen LogP contribution is -2.36. The van der Waals surface area contributed by atoms with E-state index in [4.69, 9.17) is 4.74 Å². The number of ether oxygens (including phenoxy) is 1. The minimum atomic E-state index is 0.161. The van der Waals surface area contributed by atoms with Crippen molar-refractivity contribution in [1.29, 1.82) is 0 Å². The first-order chi connectivity index (χ1) is 16.2. The number of hydrogen-bond donors (Lipinski definition) is 1. The van der Waals surface area contributed by atoms with Gasteiger partial charge in [0.25, 0.3) is 0 Å². The summed E-state index contributed by atoms with van der Waals surface area (Å²) in [7, 11) is 1.67. The summed E-state index contributed by atoms with van der Waals surface area (Å²) in [4.78, 5) is 12.3. The molecule has 174 valence electrons. The Labute approximate surface area is 200 Å². The van der Waals surface area contributed by atoms with Crippen LogP contribution in [0.15, 0.2) is 53.7 Å². The molecule has 1 aromatic heterocycles. The van der Waals surface area contributed by atoms with Gasteiger partial charge in [-0.2, -0.15) is 0 Å². The summed E-state index contributed by atoms with van der Waals surface area (Å²) < 4.78 is 7.68. The number of para-hydroxylation sites is 2. The molecule has 1 aliphatic rings. The van der Waals surface area contributed by atoms with Crippen LogP contribution in [0.25, 0.3) is 17.1 Å². The maximum Gasteiger partial charge on any atom is 0.220 e. The van der Waals surface area contributed by atoms with Gasteiger partial charge in [-0.05, 0) is 38.3 Å². The average Bonchev–Trinajstić information content (AvgIpc) is 3.26. The molecule has 1 fully saturated rings. The first-order valence-corrected chi connectivity index (χ1v) is 12.7. The fourth-order valence-electron chi connectivity index (χ4n) is 4.23. The van der Waals surface area contributed by atoms with Gasteiger partial charge >= 0.3 is 0 Å². The van der Waals surface area contributed by atoms with Crippen molar-refractivity contribution in [3.63, 3.8) is 0 Å². The van der Waals surface area contributed by atoms with E-state index in [-0.39, 0.29) is 5.91 Å². The second-order valence-electron chi connectivity index (χ2n) is 8.53. The van der Waals surface area contributed by atoms with E-state index in [0.717, 1.165) is 53.0 Å². The normalized spacial score (nSPS) is 14.2. The molecule has 0 radical (unpaired) electrons. The molecule has 0 saturated heterocycles. The van der Waals surface area contributed by atoms with Crippen molar-refractivity contribution in [2.45, 2.75) is 63.1 Å². The summed E-state index contributed by atoms with van der Waals surface area (Å²) in [6, 6.07) is 16.5. The van der Waals surface area contributed by atoms with Crippen LogP contribution in [-0.4, -0.2) is 39.6 Å². The van der Waals surface area contributed by atoms with E-state index >= 15 is 0 Å². The minimum Gasteiger partial charge on any atom is -0.495 e. The zero-order valence-corrected chi connectivity index (χ0v) is 20.2. The lowest BCUT2D eigenvalue weighted by atomic mass is 9.95. The molecule has 33 heavy (non-hydrogen) atoms. The summed E-state index contributed by atoms with van der Waals surface area (Å²) in [5, 5.41) is 13.0. The van der Waals surface area contributed by atoms with E-state index in [1.807, 2.05) is 24.3 Å². The average molecular weight is 465 g/mol. The van der Waals surface area contributed by atoms with Crippen LogP contribution in [0, 0.1) is 6.92 Å². The Morgan fingerprint density at radius 3 is 2.61 bits per heavy atom. The van der Waals surface area contributed by atoms with Crippen LogP contribution in [0.1, 0.15) is 50.5 Å². The molecule has 1 aliphatic carbocycles. The van der Waals surface area contributed by atoms with E-state index < -0.39 is 0 Å². The highest BCUT2D eigenvalue weighted by molar-refractivity contribution is 7.99. The van der Waals surface area contributed by atoms with Crippen molar-refractivity contribution in [2.75, 3.05) is 12.9 Å². The van der Waals surface area contributed by atoms with Gasteiger partial charge in [-0.25, -0.2) is 0 Å². The lowest BCUT2D eigenvalue weighted by molar-refractivity contribution is -0.122. The number of rotatable bonds is 9. The van der Waals surface area contributed by atoms with Crippen molar-refractivity contribution >= 4 is 17.7 Å². The molecular formula is C26H32N4O2S. The Morgan fingerprint density at radius 1 is 1.09 bits per heavy atom. The van der Waals surface area contributed by atoms with Crippen LogP contribution in [-0.2, 0) is 4.79 Å². The van der Waals surface area contributed by atoms with Crippen LogP contribution in [0.2, 0.25) is 0 Å². The quantitative estimate of drug-likeness (QED) is 0.331. The van der Waals surface area contributed by atoms with E-state index in [1.54, 1.807) is 18.9 Å². The number of carbonyl (C=O) groups excluding carboxylic acids is 1. The molecule has 0 unspecified atom stereocenters. The number of aromatic nitrogens is 3. The molecule has 0 atom stereocenters. The van der Waals surface area contributed by atoms with Gasteiger partial charge in [0.1, 0.15) is 5.75 Å². The number of nitrogens with zero attached hydrogens (tertiary/aromatic N) is 3. The first kappa shape index (κ1) is 23.4. The summed E-state index contributed by atoms with van der Waals surface area (Å²) in [6.07, 6.45) is 7.31. The number of methoxy groups -OCH3 is 1. The van der Waals surface area contributed by atoms with E-state index in [9.17, 15) is 4.79 Å². The number of amides is 1. The van der Waals surface area contributed by atoms with Gasteiger partial charge in [0.2, 0.25) is 5.91 Å². The van der Waals surface area contributed by atoms with Crippen molar-refractivity contribution in [2.24, 2.45) is 0 Å². The molecule has 4 rings (SSSR count). The number of benzene rings is 2. The largest absolute Gasteiger partial charge is 0.495 e. The van der Waals surface area contributed by atoms with Gasteiger partial charge in [0.05, 0.1) is 12.8 Å². The van der Waals surface area contributed by atoms with Gasteiger partial charge in [0, 0.05) is 23.8 Å². The summed E-state index contributed by atoms with van der Waals surface area (Å²) in [5.41, 5.74) is 3.10. The molecule has 6 nitrogen and oxygen atoms in total. The standard InChI is InChI=1S/C26H32N4O2S/c1-19-14-16-20(17-15-19)25-28-29-26(30(25)22-11-6-7-12-23(22)32-2)33-18-8-13-24(31)27-21-9-4-3-5-10-21/h6-7,11-12,14-17,21H,3-5,8-10,13,18H2,1-2H3,(H,27,31). The Balaban J connectivity index is 1.47. The lowest BCUT2D eigenvalue weighted by Gasteiger charge is -2.22. The highest BCUT2D eigenvalue weighted by atomic mass is 32.2. The van der Waals surface area contributed by atoms with Crippen LogP contribution >= 0.6 is 11.8 Å². The highest BCUT2D eigenvalue weighted by Crippen LogP contribution is 2.33. The predicted molar refractivity (Wildman–Crippen MR) is 133 cm³/mol. The number of carbonyl (C=O) groups is 1. The predicted octanol–water partition coefficient (Wildman–Crippen LogP) is 5.57. The zero-order valence-electron chi connectivity index (χ0n) is 19.4. The number of nitrogens with one attached hydrogen (secondary N) is 1. The molecule has 7 heteroatoms. The van der Waals surface area contributed by atoms with E-state index in [1.165, 1.54) is 24.8 Å². The van der Waals surface area contributed by atoms with Crippen molar-refractivity contribution < 1.29 is 9.53 Å². The zero-order chi connectivity index (χ0) is 23.0. The Bertz CT molecular complexity index is 1060. The SMILES string of the molecule is COc1ccccc1-n1c(SCCCC(=O)NC2CCCCC2)nnc1-c1ccc(C)cc1. The Kier molecular flexibility index (Phi) is 8.05. The van der Waals surface area contributed by atoms with Gasteiger partial charge in [-0.1, -0.05) is 73.0 Å². The Hall–Kier alpha value is -2.80.